The molecular weight excluding hydrogens is 236 g/mol. The number of aryl methyl sites for hydroxylation is 3. The molecule has 0 aliphatic rings. The number of aromatic nitrogens is 3. The summed E-state index contributed by atoms with van der Waals surface area (Å²) >= 11 is 0. The molecule has 0 spiro atoms. The second kappa shape index (κ2) is 5.97. The molecule has 4 heteroatoms. The molecule has 0 amide bonds. The molecule has 1 aromatic carbocycles. The molecule has 0 bridgehead atoms. The predicted molar refractivity (Wildman–Crippen MR) is 77.1 cm³/mol. The smallest absolute Gasteiger partial charge is 0.138 e. The third-order valence-electron chi connectivity index (χ3n) is 3.53. The zero-order valence-electron chi connectivity index (χ0n) is 12.1. The maximum absolute atomic E-state index is 4.36. The lowest BCUT2D eigenvalue weighted by atomic mass is 9.97. The van der Waals surface area contributed by atoms with Crippen molar-refractivity contribution < 1.29 is 0 Å². The molecule has 0 aliphatic carbocycles. The number of nitrogens with one attached hydrogen (secondary N) is 1. The normalized spacial score (nSPS) is 12.6. The number of likely N-dealkylation sites (N-methyl/N-ethyl adjacent to an activating group) is 1. The van der Waals surface area contributed by atoms with Crippen molar-refractivity contribution in [2.45, 2.75) is 39.8 Å². The molecule has 1 heterocycles. The molecule has 0 radical (unpaired) electrons. The third kappa shape index (κ3) is 3.01. The van der Waals surface area contributed by atoms with Crippen molar-refractivity contribution in [1.82, 2.24) is 20.1 Å². The first kappa shape index (κ1) is 13.7. The molecule has 0 fully saturated rings. The Morgan fingerprint density at radius 2 is 2.11 bits per heavy atom. The molecule has 1 aromatic heterocycles. The van der Waals surface area contributed by atoms with Gasteiger partial charge in [-0.25, -0.2) is 4.98 Å². The Bertz CT molecular complexity index is 545. The van der Waals surface area contributed by atoms with Crippen molar-refractivity contribution >= 4 is 0 Å². The average molecular weight is 258 g/mol. The topological polar surface area (TPSA) is 42.7 Å². The molecule has 2 aromatic rings. The van der Waals surface area contributed by atoms with E-state index in [0.717, 1.165) is 18.8 Å². The Balaban J connectivity index is 2.25. The third-order valence-corrected chi connectivity index (χ3v) is 3.53. The van der Waals surface area contributed by atoms with Crippen LogP contribution in [0.5, 0.6) is 0 Å². The van der Waals surface area contributed by atoms with Gasteiger partial charge in [0.25, 0.3) is 0 Å². The summed E-state index contributed by atoms with van der Waals surface area (Å²) in [6, 6.07) is 6.87. The number of nitrogens with zero attached hydrogens (tertiary/aromatic N) is 3. The van der Waals surface area contributed by atoms with Crippen LogP contribution < -0.4 is 5.32 Å². The van der Waals surface area contributed by atoms with E-state index in [2.05, 4.69) is 54.4 Å². The van der Waals surface area contributed by atoms with E-state index in [-0.39, 0.29) is 6.04 Å². The number of rotatable bonds is 5. The SMILES string of the molecule is CCn1ncnc1CC(NC)c1ccc(C)cc1C. The summed E-state index contributed by atoms with van der Waals surface area (Å²) in [5.74, 6) is 1.03. The molecule has 102 valence electrons. The van der Waals surface area contributed by atoms with Crippen LogP contribution >= 0.6 is 0 Å². The minimum Gasteiger partial charge on any atom is -0.313 e. The number of benzene rings is 1. The van der Waals surface area contributed by atoms with E-state index in [9.17, 15) is 0 Å². The standard InChI is InChI=1S/C15H22N4/c1-5-19-15(17-10-18-19)9-14(16-4)13-7-6-11(2)8-12(13)3/h6-8,10,14,16H,5,9H2,1-4H3. The fraction of sp³-hybridized carbons (Fsp3) is 0.467. The van der Waals surface area contributed by atoms with Gasteiger partial charge in [-0.3, -0.25) is 4.68 Å². The highest BCUT2D eigenvalue weighted by Gasteiger charge is 2.15. The minimum absolute atomic E-state index is 0.273. The second-order valence-electron chi connectivity index (χ2n) is 4.90. The van der Waals surface area contributed by atoms with E-state index in [4.69, 9.17) is 0 Å². The number of hydrogen-bond donors (Lipinski definition) is 1. The van der Waals surface area contributed by atoms with Crippen molar-refractivity contribution in [3.05, 3.63) is 47.0 Å². The Kier molecular flexibility index (Phi) is 4.32. The van der Waals surface area contributed by atoms with Gasteiger partial charge in [-0.2, -0.15) is 5.10 Å². The van der Waals surface area contributed by atoms with E-state index in [1.165, 1.54) is 16.7 Å². The highest BCUT2D eigenvalue weighted by molar-refractivity contribution is 5.33. The largest absolute Gasteiger partial charge is 0.313 e. The van der Waals surface area contributed by atoms with Gasteiger partial charge in [0.05, 0.1) is 0 Å². The van der Waals surface area contributed by atoms with Gasteiger partial charge in [0.2, 0.25) is 0 Å². The minimum atomic E-state index is 0.273. The summed E-state index contributed by atoms with van der Waals surface area (Å²) in [6.07, 6.45) is 2.49. The zero-order chi connectivity index (χ0) is 13.8. The summed E-state index contributed by atoms with van der Waals surface area (Å²) in [7, 11) is 2.00. The van der Waals surface area contributed by atoms with Crippen LogP contribution in [0.2, 0.25) is 0 Å². The Morgan fingerprint density at radius 3 is 2.74 bits per heavy atom. The fourth-order valence-corrected chi connectivity index (χ4v) is 2.48. The monoisotopic (exact) mass is 258 g/mol. The molecule has 1 unspecified atom stereocenters. The molecule has 4 nitrogen and oxygen atoms in total. The van der Waals surface area contributed by atoms with Gasteiger partial charge in [-0.05, 0) is 38.9 Å². The van der Waals surface area contributed by atoms with Crippen molar-refractivity contribution in [2.24, 2.45) is 0 Å². The van der Waals surface area contributed by atoms with Crippen molar-refractivity contribution in [3.63, 3.8) is 0 Å². The molecule has 0 saturated heterocycles. The van der Waals surface area contributed by atoms with Crippen LogP contribution in [0.15, 0.2) is 24.5 Å². The van der Waals surface area contributed by atoms with Crippen molar-refractivity contribution in [3.8, 4) is 0 Å². The van der Waals surface area contributed by atoms with Crippen molar-refractivity contribution in [1.29, 1.82) is 0 Å². The summed E-state index contributed by atoms with van der Waals surface area (Å²) < 4.78 is 1.95. The highest BCUT2D eigenvalue weighted by atomic mass is 15.3. The van der Waals surface area contributed by atoms with Gasteiger partial charge in [0.1, 0.15) is 12.2 Å². The van der Waals surface area contributed by atoms with Gasteiger partial charge < -0.3 is 5.32 Å². The summed E-state index contributed by atoms with van der Waals surface area (Å²) in [5.41, 5.74) is 3.95. The Morgan fingerprint density at radius 1 is 1.32 bits per heavy atom. The van der Waals surface area contributed by atoms with E-state index >= 15 is 0 Å². The van der Waals surface area contributed by atoms with Crippen LogP contribution in [0.25, 0.3) is 0 Å². The first-order chi connectivity index (χ1) is 9.15. The first-order valence-electron chi connectivity index (χ1n) is 6.76. The lowest BCUT2D eigenvalue weighted by Gasteiger charge is -2.19. The molecule has 1 N–H and O–H groups in total. The average Bonchev–Trinajstić information content (AvgIpc) is 2.84. The maximum Gasteiger partial charge on any atom is 0.138 e. The quantitative estimate of drug-likeness (QED) is 0.895. The molecule has 0 saturated carbocycles. The molecule has 19 heavy (non-hydrogen) atoms. The Hall–Kier alpha value is -1.68. The zero-order valence-corrected chi connectivity index (χ0v) is 12.1. The van der Waals surface area contributed by atoms with Crippen LogP contribution in [0.4, 0.5) is 0 Å². The van der Waals surface area contributed by atoms with Crippen LogP contribution in [0.1, 0.15) is 35.5 Å². The lowest BCUT2D eigenvalue weighted by molar-refractivity contribution is 0.532. The van der Waals surface area contributed by atoms with E-state index < -0.39 is 0 Å². The van der Waals surface area contributed by atoms with Gasteiger partial charge in [-0.15, -0.1) is 0 Å². The van der Waals surface area contributed by atoms with Crippen LogP contribution in [0.3, 0.4) is 0 Å². The lowest BCUT2D eigenvalue weighted by Crippen LogP contribution is -2.22. The fourth-order valence-electron chi connectivity index (χ4n) is 2.48. The Labute approximate surface area is 114 Å². The van der Waals surface area contributed by atoms with E-state index in [1.54, 1.807) is 6.33 Å². The summed E-state index contributed by atoms with van der Waals surface area (Å²) in [4.78, 5) is 4.36. The highest BCUT2D eigenvalue weighted by Crippen LogP contribution is 2.21. The molecular formula is C15H22N4. The first-order valence-corrected chi connectivity index (χ1v) is 6.76. The van der Waals surface area contributed by atoms with E-state index in [0.29, 0.717) is 0 Å². The van der Waals surface area contributed by atoms with Gasteiger partial charge in [-0.1, -0.05) is 23.8 Å². The number of hydrogen-bond acceptors (Lipinski definition) is 3. The summed E-state index contributed by atoms with van der Waals surface area (Å²) in [6.45, 7) is 7.23. The summed E-state index contributed by atoms with van der Waals surface area (Å²) in [5, 5.41) is 7.62. The predicted octanol–water partition coefficient (Wildman–Crippen LogP) is 2.42. The maximum atomic E-state index is 4.36. The van der Waals surface area contributed by atoms with Crippen LogP contribution in [0, 0.1) is 13.8 Å². The van der Waals surface area contributed by atoms with Gasteiger partial charge in [0.15, 0.2) is 0 Å². The van der Waals surface area contributed by atoms with Crippen LogP contribution in [-0.4, -0.2) is 21.8 Å². The van der Waals surface area contributed by atoms with Crippen molar-refractivity contribution in [2.75, 3.05) is 7.05 Å². The van der Waals surface area contributed by atoms with Crippen LogP contribution in [-0.2, 0) is 13.0 Å². The van der Waals surface area contributed by atoms with E-state index in [1.807, 2.05) is 11.7 Å². The second-order valence-corrected chi connectivity index (χ2v) is 4.90. The van der Waals surface area contributed by atoms with Gasteiger partial charge in [0, 0.05) is 19.0 Å². The molecule has 2 rings (SSSR count). The molecule has 0 aliphatic heterocycles. The molecule has 1 atom stereocenters. The van der Waals surface area contributed by atoms with Gasteiger partial charge >= 0.3 is 0 Å².